The van der Waals surface area contributed by atoms with Crippen LogP contribution in [-0.4, -0.2) is 27.5 Å². The van der Waals surface area contributed by atoms with Gasteiger partial charge in [0.15, 0.2) is 0 Å². The topological polar surface area (TPSA) is 79.9 Å². The van der Waals surface area contributed by atoms with Crippen LogP contribution < -0.4 is 5.32 Å². The van der Waals surface area contributed by atoms with Crippen molar-refractivity contribution < 1.29 is 9.53 Å². The Morgan fingerprint density at radius 3 is 2.90 bits per heavy atom. The molecule has 3 aromatic heterocycles. The van der Waals surface area contributed by atoms with Crippen LogP contribution in [-0.2, 0) is 11.2 Å². The first kappa shape index (κ1) is 18.6. The van der Waals surface area contributed by atoms with Gasteiger partial charge in [-0.1, -0.05) is 31.2 Å². The molecule has 0 aliphatic carbocycles. The van der Waals surface area contributed by atoms with Gasteiger partial charge in [-0.3, -0.25) is 0 Å². The van der Waals surface area contributed by atoms with Gasteiger partial charge in [-0.15, -0.1) is 11.3 Å². The van der Waals surface area contributed by atoms with Crippen molar-refractivity contribution in [3.8, 4) is 0 Å². The predicted molar refractivity (Wildman–Crippen MR) is 122 cm³/mol. The van der Waals surface area contributed by atoms with E-state index in [1.54, 1.807) is 12.3 Å². The van der Waals surface area contributed by atoms with Gasteiger partial charge in [0, 0.05) is 32.9 Å². The standard InChI is InChI=1S/C23H20N4O2S/c1-3-13-6-5-7-16-15-9-8-14(10-18(15)27-20(13)16)26-21-19-17(23(28)29-4-2)11-30-22(19)25-12-24-21/h5-12,27H,3-4H2,1-2H3,(H,24,25,26). The van der Waals surface area contributed by atoms with Crippen molar-refractivity contribution in [2.45, 2.75) is 20.3 Å². The molecule has 0 spiro atoms. The lowest BCUT2D eigenvalue weighted by atomic mass is 10.1. The third-order valence-electron chi connectivity index (χ3n) is 5.23. The van der Waals surface area contributed by atoms with E-state index in [-0.39, 0.29) is 5.97 Å². The fraction of sp³-hybridized carbons (Fsp3) is 0.174. The average Bonchev–Trinajstić information content (AvgIpc) is 3.35. The molecule has 2 N–H and O–H groups in total. The number of rotatable bonds is 5. The molecule has 6 nitrogen and oxygen atoms in total. The summed E-state index contributed by atoms with van der Waals surface area (Å²) in [5.74, 6) is 0.230. The van der Waals surface area contributed by atoms with Crippen LogP contribution in [0.5, 0.6) is 0 Å². The highest BCUT2D eigenvalue weighted by molar-refractivity contribution is 7.17. The maximum atomic E-state index is 12.4. The SMILES string of the molecule is CCOC(=O)c1csc2ncnc(Nc3ccc4c(c3)[nH]c3c(CC)cccc34)c12. The van der Waals surface area contributed by atoms with Gasteiger partial charge in [0.25, 0.3) is 0 Å². The average molecular weight is 417 g/mol. The van der Waals surface area contributed by atoms with E-state index in [4.69, 9.17) is 4.74 Å². The molecule has 0 saturated heterocycles. The van der Waals surface area contributed by atoms with Crippen molar-refractivity contribution in [3.63, 3.8) is 0 Å². The van der Waals surface area contributed by atoms with E-state index in [1.807, 2.05) is 6.07 Å². The number of H-pyrrole nitrogens is 1. The Morgan fingerprint density at radius 1 is 1.17 bits per heavy atom. The molecule has 0 fully saturated rings. The molecule has 0 bridgehead atoms. The molecule has 0 saturated carbocycles. The summed E-state index contributed by atoms with van der Waals surface area (Å²) in [6.45, 7) is 4.28. The van der Waals surface area contributed by atoms with E-state index in [9.17, 15) is 4.79 Å². The molecule has 5 aromatic rings. The number of nitrogens with one attached hydrogen (secondary N) is 2. The molecule has 0 aliphatic rings. The number of hydrogen-bond donors (Lipinski definition) is 2. The van der Waals surface area contributed by atoms with E-state index in [2.05, 4.69) is 57.5 Å². The summed E-state index contributed by atoms with van der Waals surface area (Å²) in [7, 11) is 0. The Balaban J connectivity index is 1.59. The zero-order valence-electron chi connectivity index (χ0n) is 16.7. The smallest absolute Gasteiger partial charge is 0.339 e. The zero-order valence-corrected chi connectivity index (χ0v) is 17.5. The summed E-state index contributed by atoms with van der Waals surface area (Å²) < 4.78 is 5.19. The van der Waals surface area contributed by atoms with Gasteiger partial charge in [0.2, 0.25) is 0 Å². The van der Waals surface area contributed by atoms with Crippen LogP contribution in [0.2, 0.25) is 0 Å². The lowest BCUT2D eigenvalue weighted by Gasteiger charge is -2.08. The molecule has 3 heterocycles. The molecule has 0 amide bonds. The molecular weight excluding hydrogens is 396 g/mol. The number of esters is 1. The monoisotopic (exact) mass is 416 g/mol. The van der Waals surface area contributed by atoms with Crippen LogP contribution in [0, 0.1) is 0 Å². The quantitative estimate of drug-likeness (QED) is 0.354. The Hall–Kier alpha value is -3.45. The Bertz CT molecular complexity index is 1400. The number of ether oxygens (including phenoxy) is 1. The number of para-hydroxylation sites is 1. The summed E-state index contributed by atoms with van der Waals surface area (Å²) in [5, 5.41) is 8.23. The van der Waals surface area contributed by atoms with Crippen LogP contribution in [0.3, 0.4) is 0 Å². The fourth-order valence-corrected chi connectivity index (χ4v) is 4.70. The van der Waals surface area contributed by atoms with E-state index < -0.39 is 0 Å². The second kappa shape index (κ2) is 7.42. The number of aromatic amines is 1. The minimum Gasteiger partial charge on any atom is -0.462 e. The fourth-order valence-electron chi connectivity index (χ4n) is 3.83. The van der Waals surface area contributed by atoms with E-state index in [0.717, 1.165) is 22.5 Å². The minimum absolute atomic E-state index is 0.323. The summed E-state index contributed by atoms with van der Waals surface area (Å²) >= 11 is 1.40. The van der Waals surface area contributed by atoms with Crippen molar-refractivity contribution in [2.75, 3.05) is 11.9 Å². The molecule has 150 valence electrons. The Kier molecular flexibility index (Phi) is 4.59. The maximum Gasteiger partial charge on any atom is 0.339 e. The lowest BCUT2D eigenvalue weighted by Crippen LogP contribution is -2.05. The molecule has 0 radical (unpaired) electrons. The molecular formula is C23H20N4O2S. The summed E-state index contributed by atoms with van der Waals surface area (Å²) in [5.41, 5.74) is 4.90. The highest BCUT2D eigenvalue weighted by Gasteiger charge is 2.18. The molecule has 2 aromatic carbocycles. The predicted octanol–water partition coefficient (Wildman–Crippen LogP) is 5.81. The number of thiophene rings is 1. The van der Waals surface area contributed by atoms with Crippen LogP contribution in [0.15, 0.2) is 48.1 Å². The van der Waals surface area contributed by atoms with Gasteiger partial charge in [0.1, 0.15) is 17.0 Å². The number of hydrogen-bond acceptors (Lipinski definition) is 6. The number of anilines is 2. The van der Waals surface area contributed by atoms with Gasteiger partial charge in [0.05, 0.1) is 17.6 Å². The molecule has 0 atom stereocenters. The van der Waals surface area contributed by atoms with Gasteiger partial charge in [-0.25, -0.2) is 14.8 Å². The van der Waals surface area contributed by atoms with E-state index >= 15 is 0 Å². The molecule has 5 rings (SSSR count). The highest BCUT2D eigenvalue weighted by Crippen LogP contribution is 2.34. The van der Waals surface area contributed by atoms with Crippen LogP contribution in [0.25, 0.3) is 32.0 Å². The van der Waals surface area contributed by atoms with Crippen LogP contribution in [0.4, 0.5) is 11.5 Å². The third kappa shape index (κ3) is 2.98. The first-order valence-electron chi connectivity index (χ1n) is 9.89. The minimum atomic E-state index is -0.361. The number of aromatic nitrogens is 3. The van der Waals surface area contributed by atoms with Crippen molar-refractivity contribution >= 4 is 60.8 Å². The van der Waals surface area contributed by atoms with Crippen LogP contribution >= 0.6 is 11.3 Å². The zero-order chi connectivity index (χ0) is 20.7. The Morgan fingerprint density at radius 2 is 2.07 bits per heavy atom. The third-order valence-corrected chi connectivity index (χ3v) is 6.12. The first-order chi connectivity index (χ1) is 14.7. The van der Waals surface area contributed by atoms with Crippen molar-refractivity contribution in [3.05, 3.63) is 59.2 Å². The second-order valence-corrected chi connectivity index (χ2v) is 7.83. The van der Waals surface area contributed by atoms with Gasteiger partial charge >= 0.3 is 5.97 Å². The Labute approximate surface area is 176 Å². The van der Waals surface area contributed by atoms with E-state index in [1.165, 1.54) is 39.5 Å². The molecule has 0 aliphatic heterocycles. The van der Waals surface area contributed by atoms with Crippen molar-refractivity contribution in [1.82, 2.24) is 15.0 Å². The number of fused-ring (bicyclic) bond motifs is 4. The second-order valence-electron chi connectivity index (χ2n) is 6.98. The number of benzene rings is 2. The van der Waals surface area contributed by atoms with Gasteiger partial charge in [-0.2, -0.15) is 0 Å². The largest absolute Gasteiger partial charge is 0.462 e. The number of aryl methyl sites for hydroxylation is 1. The summed E-state index contributed by atoms with van der Waals surface area (Å²) in [4.78, 5) is 25.3. The van der Waals surface area contributed by atoms with E-state index in [0.29, 0.717) is 23.4 Å². The van der Waals surface area contributed by atoms with Crippen molar-refractivity contribution in [2.24, 2.45) is 0 Å². The molecule has 0 unspecified atom stereocenters. The number of carbonyl (C=O) groups is 1. The lowest BCUT2D eigenvalue weighted by molar-refractivity contribution is 0.0529. The highest BCUT2D eigenvalue weighted by atomic mass is 32.1. The molecule has 30 heavy (non-hydrogen) atoms. The van der Waals surface area contributed by atoms with Gasteiger partial charge in [-0.05, 0) is 31.0 Å². The van der Waals surface area contributed by atoms with Gasteiger partial charge < -0.3 is 15.0 Å². The van der Waals surface area contributed by atoms with Crippen molar-refractivity contribution in [1.29, 1.82) is 0 Å². The summed E-state index contributed by atoms with van der Waals surface area (Å²) in [6.07, 6.45) is 2.48. The summed E-state index contributed by atoms with van der Waals surface area (Å²) in [6, 6.07) is 12.6. The number of carbonyl (C=O) groups excluding carboxylic acids is 1. The van der Waals surface area contributed by atoms with Crippen LogP contribution in [0.1, 0.15) is 29.8 Å². The normalized spacial score (nSPS) is 11.4. The molecule has 7 heteroatoms. The maximum absolute atomic E-state index is 12.4. The first-order valence-corrected chi connectivity index (χ1v) is 10.8. The number of nitrogens with zero attached hydrogens (tertiary/aromatic N) is 2.